The fraction of sp³-hybridized carbons (Fsp3) is 0.222. The number of halogens is 1. The molecule has 1 N–H and O–H groups in total. The first-order chi connectivity index (χ1) is 12.1. The lowest BCUT2D eigenvalue weighted by molar-refractivity contribution is 0.102. The van der Waals surface area contributed by atoms with E-state index in [1.165, 1.54) is 32.3 Å². The number of hydrogen-bond acceptors (Lipinski definition) is 4. The number of nitrogens with one attached hydrogen (secondary N) is 1. The number of benzene rings is 2. The maximum Gasteiger partial charge on any atom is 0.255 e. The number of sulfonamides is 1. The SMILES string of the molecule is Cc1cc(C(=O)Nc2ccc(C#N)c(Cl)c2)cc(S(=O)(=O)N(C)C)c1C. The second-order valence-corrected chi connectivity index (χ2v) is 8.49. The summed E-state index contributed by atoms with van der Waals surface area (Å²) < 4.78 is 26.1. The van der Waals surface area contributed by atoms with Gasteiger partial charge in [-0.2, -0.15) is 5.26 Å². The number of aryl methyl sites for hydroxylation is 1. The van der Waals surface area contributed by atoms with Crippen LogP contribution in [-0.4, -0.2) is 32.7 Å². The van der Waals surface area contributed by atoms with Gasteiger partial charge in [-0.3, -0.25) is 4.79 Å². The topological polar surface area (TPSA) is 90.3 Å². The Hall–Kier alpha value is -2.40. The predicted molar refractivity (Wildman–Crippen MR) is 101 cm³/mol. The molecule has 8 heteroatoms. The monoisotopic (exact) mass is 391 g/mol. The summed E-state index contributed by atoms with van der Waals surface area (Å²) in [5.74, 6) is -0.468. The van der Waals surface area contributed by atoms with Gasteiger partial charge in [0.25, 0.3) is 5.91 Å². The molecule has 0 aliphatic heterocycles. The summed E-state index contributed by atoms with van der Waals surface area (Å²) in [5.41, 5.74) is 2.21. The molecular formula is C18H18ClN3O3S. The van der Waals surface area contributed by atoms with E-state index in [9.17, 15) is 13.2 Å². The van der Waals surface area contributed by atoms with Crippen molar-refractivity contribution in [3.05, 3.63) is 57.6 Å². The van der Waals surface area contributed by atoms with Gasteiger partial charge in [0.2, 0.25) is 10.0 Å². The molecule has 2 aromatic rings. The lowest BCUT2D eigenvalue weighted by Gasteiger charge is -2.16. The fourth-order valence-electron chi connectivity index (χ4n) is 2.31. The molecule has 26 heavy (non-hydrogen) atoms. The first kappa shape index (κ1) is 19.9. The van der Waals surface area contributed by atoms with Gasteiger partial charge in [-0.1, -0.05) is 11.6 Å². The van der Waals surface area contributed by atoms with Crippen molar-refractivity contribution in [2.45, 2.75) is 18.7 Å². The summed E-state index contributed by atoms with van der Waals surface area (Å²) >= 11 is 5.97. The van der Waals surface area contributed by atoms with Crippen LogP contribution >= 0.6 is 11.6 Å². The lowest BCUT2D eigenvalue weighted by atomic mass is 10.1. The van der Waals surface area contributed by atoms with Crippen molar-refractivity contribution in [1.29, 1.82) is 5.26 Å². The molecule has 2 rings (SSSR count). The minimum absolute atomic E-state index is 0.0884. The van der Waals surface area contributed by atoms with Crippen molar-refractivity contribution in [3.63, 3.8) is 0 Å². The van der Waals surface area contributed by atoms with E-state index in [2.05, 4.69) is 5.32 Å². The number of nitriles is 1. The zero-order valence-corrected chi connectivity index (χ0v) is 16.4. The molecular weight excluding hydrogens is 374 g/mol. The molecule has 0 unspecified atom stereocenters. The van der Waals surface area contributed by atoms with Gasteiger partial charge in [-0.05, 0) is 55.3 Å². The number of nitrogens with zero attached hydrogens (tertiary/aromatic N) is 2. The van der Waals surface area contributed by atoms with E-state index >= 15 is 0 Å². The average molecular weight is 392 g/mol. The number of anilines is 1. The standard InChI is InChI=1S/C18H18ClN3O3S/c1-11-7-14(8-17(12(11)2)26(24,25)22(3)4)18(23)21-15-6-5-13(10-20)16(19)9-15/h5-9H,1-4H3,(H,21,23). The van der Waals surface area contributed by atoms with Crippen LogP contribution in [0.25, 0.3) is 0 Å². The van der Waals surface area contributed by atoms with E-state index in [0.717, 1.165) is 4.31 Å². The Balaban J connectivity index is 2.43. The van der Waals surface area contributed by atoms with Gasteiger partial charge in [-0.25, -0.2) is 12.7 Å². The molecule has 0 bridgehead atoms. The third kappa shape index (κ3) is 3.88. The third-order valence-corrected chi connectivity index (χ3v) is 6.24. The molecule has 0 saturated carbocycles. The quantitative estimate of drug-likeness (QED) is 0.865. The molecule has 0 spiro atoms. The van der Waals surface area contributed by atoms with Crippen molar-refractivity contribution in [3.8, 4) is 6.07 Å². The molecule has 1 amide bonds. The summed E-state index contributed by atoms with van der Waals surface area (Å²) in [4.78, 5) is 12.7. The molecule has 0 aliphatic rings. The maximum atomic E-state index is 12.6. The van der Waals surface area contributed by atoms with Crippen LogP contribution in [-0.2, 0) is 10.0 Å². The van der Waals surface area contributed by atoms with Crippen LogP contribution in [0.1, 0.15) is 27.0 Å². The van der Waals surface area contributed by atoms with Crippen LogP contribution in [0, 0.1) is 25.2 Å². The highest BCUT2D eigenvalue weighted by atomic mass is 35.5. The molecule has 0 fully saturated rings. The van der Waals surface area contributed by atoms with E-state index in [0.29, 0.717) is 22.4 Å². The molecule has 136 valence electrons. The Kier molecular flexibility index (Phi) is 5.71. The highest BCUT2D eigenvalue weighted by Gasteiger charge is 2.23. The zero-order valence-electron chi connectivity index (χ0n) is 14.8. The Morgan fingerprint density at radius 3 is 2.38 bits per heavy atom. The smallest absolute Gasteiger partial charge is 0.255 e. The summed E-state index contributed by atoms with van der Waals surface area (Å²) in [6.45, 7) is 3.45. The van der Waals surface area contributed by atoms with Gasteiger partial charge < -0.3 is 5.32 Å². The van der Waals surface area contributed by atoms with Crippen LogP contribution < -0.4 is 5.32 Å². The minimum Gasteiger partial charge on any atom is -0.322 e. The van der Waals surface area contributed by atoms with Gasteiger partial charge in [0.15, 0.2) is 0 Å². The second kappa shape index (κ2) is 7.46. The molecule has 0 saturated heterocycles. The van der Waals surface area contributed by atoms with Gasteiger partial charge in [-0.15, -0.1) is 0 Å². The molecule has 2 aromatic carbocycles. The Morgan fingerprint density at radius 2 is 1.85 bits per heavy atom. The Labute approximate surface area is 158 Å². The van der Waals surface area contributed by atoms with E-state index in [4.69, 9.17) is 16.9 Å². The van der Waals surface area contributed by atoms with E-state index < -0.39 is 15.9 Å². The largest absolute Gasteiger partial charge is 0.322 e. The summed E-state index contributed by atoms with van der Waals surface area (Å²) in [5, 5.41) is 11.8. The average Bonchev–Trinajstić information content (AvgIpc) is 2.56. The number of carbonyl (C=O) groups excluding carboxylic acids is 1. The van der Waals surface area contributed by atoms with Crippen molar-refractivity contribution in [1.82, 2.24) is 4.31 Å². The number of carbonyl (C=O) groups is 1. The molecule has 0 heterocycles. The van der Waals surface area contributed by atoms with Crippen molar-refractivity contribution < 1.29 is 13.2 Å². The normalized spacial score (nSPS) is 11.3. The number of rotatable bonds is 4. The van der Waals surface area contributed by atoms with Crippen LogP contribution in [0.4, 0.5) is 5.69 Å². The van der Waals surface area contributed by atoms with Crippen LogP contribution in [0.15, 0.2) is 35.2 Å². The highest BCUT2D eigenvalue weighted by Crippen LogP contribution is 2.25. The molecule has 0 radical (unpaired) electrons. The van der Waals surface area contributed by atoms with Crippen LogP contribution in [0.3, 0.4) is 0 Å². The first-order valence-electron chi connectivity index (χ1n) is 7.62. The molecule has 0 aliphatic carbocycles. The van der Waals surface area contributed by atoms with Gasteiger partial charge >= 0.3 is 0 Å². The molecule has 6 nitrogen and oxygen atoms in total. The molecule has 0 aromatic heterocycles. The fourth-order valence-corrected chi connectivity index (χ4v) is 3.75. The summed E-state index contributed by atoms with van der Waals surface area (Å²) in [6, 6.07) is 9.45. The minimum atomic E-state index is -3.68. The van der Waals surface area contributed by atoms with E-state index in [1.54, 1.807) is 26.0 Å². The van der Waals surface area contributed by atoms with Gasteiger partial charge in [0.05, 0.1) is 15.5 Å². The van der Waals surface area contributed by atoms with Crippen molar-refractivity contribution >= 4 is 33.2 Å². The van der Waals surface area contributed by atoms with E-state index in [1.807, 2.05) is 6.07 Å². The third-order valence-electron chi connectivity index (χ3n) is 3.99. The molecule has 0 atom stereocenters. The van der Waals surface area contributed by atoms with E-state index in [-0.39, 0.29) is 15.5 Å². The van der Waals surface area contributed by atoms with Crippen molar-refractivity contribution in [2.75, 3.05) is 19.4 Å². The lowest BCUT2D eigenvalue weighted by Crippen LogP contribution is -2.24. The number of hydrogen-bond donors (Lipinski definition) is 1. The highest BCUT2D eigenvalue weighted by molar-refractivity contribution is 7.89. The first-order valence-corrected chi connectivity index (χ1v) is 9.44. The Bertz CT molecular complexity index is 1020. The summed E-state index contributed by atoms with van der Waals surface area (Å²) in [7, 11) is -0.798. The number of amides is 1. The van der Waals surface area contributed by atoms with Crippen LogP contribution in [0.2, 0.25) is 5.02 Å². The van der Waals surface area contributed by atoms with Crippen LogP contribution in [0.5, 0.6) is 0 Å². The van der Waals surface area contributed by atoms with Gasteiger partial charge in [0, 0.05) is 25.3 Å². The predicted octanol–water partition coefficient (Wildman–Crippen LogP) is 3.33. The zero-order chi connectivity index (χ0) is 19.6. The van der Waals surface area contributed by atoms with Gasteiger partial charge in [0.1, 0.15) is 6.07 Å². The maximum absolute atomic E-state index is 12.6. The Morgan fingerprint density at radius 1 is 1.19 bits per heavy atom. The second-order valence-electron chi connectivity index (χ2n) is 5.96. The van der Waals surface area contributed by atoms with Crippen molar-refractivity contribution in [2.24, 2.45) is 0 Å². The summed E-state index contributed by atoms with van der Waals surface area (Å²) in [6.07, 6.45) is 0.